The summed E-state index contributed by atoms with van der Waals surface area (Å²) in [6.45, 7) is 1.31. The van der Waals surface area contributed by atoms with Crippen molar-refractivity contribution in [2.24, 2.45) is 0 Å². The number of anilines is 1. The van der Waals surface area contributed by atoms with E-state index in [2.05, 4.69) is 4.98 Å². The molecule has 0 aliphatic carbocycles. The number of nitrogens with zero attached hydrogens (tertiary/aromatic N) is 2. The van der Waals surface area contributed by atoms with Gasteiger partial charge in [-0.2, -0.15) is 0 Å². The average Bonchev–Trinajstić information content (AvgIpc) is 2.62. The van der Waals surface area contributed by atoms with Crippen LogP contribution in [0.2, 0.25) is 0 Å². The van der Waals surface area contributed by atoms with Crippen LogP contribution >= 0.6 is 11.3 Å². The van der Waals surface area contributed by atoms with Crippen molar-refractivity contribution in [1.82, 2.24) is 4.98 Å². The summed E-state index contributed by atoms with van der Waals surface area (Å²) < 4.78 is 30.0. The van der Waals surface area contributed by atoms with Crippen LogP contribution in [0.1, 0.15) is 17.4 Å². The lowest BCUT2D eigenvalue weighted by Gasteiger charge is -2.38. The first-order chi connectivity index (χ1) is 7.52. The summed E-state index contributed by atoms with van der Waals surface area (Å²) in [6.07, 6.45) is 0. The van der Waals surface area contributed by atoms with Crippen molar-refractivity contribution in [1.29, 1.82) is 0 Å². The summed E-state index contributed by atoms with van der Waals surface area (Å²) in [5, 5.41) is 1.96. The van der Waals surface area contributed by atoms with Gasteiger partial charge in [-0.15, -0.1) is 11.3 Å². The molecule has 2 heterocycles. The van der Waals surface area contributed by atoms with Crippen LogP contribution in [0, 0.1) is 0 Å². The molecule has 4 nitrogen and oxygen atoms in total. The van der Waals surface area contributed by atoms with Gasteiger partial charge in [0.25, 0.3) is 5.92 Å². The van der Waals surface area contributed by atoms with Crippen molar-refractivity contribution in [2.75, 3.05) is 24.6 Å². The number of hydrogen-bond acceptors (Lipinski definition) is 5. The Labute approximate surface area is 94.8 Å². The number of ether oxygens (including phenoxy) is 1. The summed E-state index contributed by atoms with van der Waals surface area (Å²) in [6, 6.07) is 0. The number of hydrogen-bond donors (Lipinski definition) is 0. The molecule has 88 valence electrons. The summed E-state index contributed by atoms with van der Waals surface area (Å²) in [7, 11) is 0. The lowest BCUT2D eigenvalue weighted by molar-refractivity contribution is -0.0262. The monoisotopic (exact) mass is 248 g/mol. The van der Waals surface area contributed by atoms with Crippen LogP contribution in [0.5, 0.6) is 0 Å². The summed E-state index contributed by atoms with van der Waals surface area (Å²) in [5.74, 6) is -3.15. The van der Waals surface area contributed by atoms with E-state index in [4.69, 9.17) is 4.74 Å². The Hall–Kier alpha value is -1.24. The molecule has 1 aliphatic heterocycles. The fourth-order valence-electron chi connectivity index (χ4n) is 1.36. The molecule has 0 unspecified atom stereocenters. The lowest BCUT2D eigenvalue weighted by Crippen LogP contribution is -2.56. The highest BCUT2D eigenvalue weighted by Crippen LogP contribution is 2.33. The fraction of sp³-hybridized carbons (Fsp3) is 0.556. The van der Waals surface area contributed by atoms with Crippen LogP contribution in [0.4, 0.5) is 13.9 Å². The Morgan fingerprint density at radius 1 is 1.69 bits per heavy atom. The summed E-state index contributed by atoms with van der Waals surface area (Å²) in [5.41, 5.74) is 0.178. The fourth-order valence-corrected chi connectivity index (χ4v) is 2.15. The van der Waals surface area contributed by atoms with Crippen molar-refractivity contribution in [2.45, 2.75) is 12.8 Å². The van der Waals surface area contributed by atoms with Crippen LogP contribution in [0.25, 0.3) is 0 Å². The highest BCUT2D eigenvalue weighted by atomic mass is 32.1. The van der Waals surface area contributed by atoms with Crippen molar-refractivity contribution in [3.63, 3.8) is 0 Å². The van der Waals surface area contributed by atoms with Crippen LogP contribution in [-0.2, 0) is 4.74 Å². The van der Waals surface area contributed by atoms with E-state index in [1.807, 2.05) is 0 Å². The zero-order chi connectivity index (χ0) is 11.8. The molecule has 1 aromatic rings. The molecule has 0 N–H and O–H groups in total. The number of alkyl halides is 2. The van der Waals surface area contributed by atoms with E-state index in [0.29, 0.717) is 5.13 Å². The number of thiazole rings is 1. The van der Waals surface area contributed by atoms with Crippen molar-refractivity contribution < 1.29 is 18.3 Å². The first kappa shape index (κ1) is 11.3. The second-order valence-corrected chi connectivity index (χ2v) is 4.28. The number of aromatic nitrogens is 1. The SMILES string of the molecule is CCOC(=O)c1csc(N2CC(F)(F)C2)n1. The number of halogens is 2. The second-order valence-electron chi connectivity index (χ2n) is 3.45. The lowest BCUT2D eigenvalue weighted by atomic mass is 10.2. The highest BCUT2D eigenvalue weighted by Gasteiger charge is 2.45. The maximum atomic E-state index is 12.6. The summed E-state index contributed by atoms with van der Waals surface area (Å²) >= 11 is 1.17. The first-order valence-corrected chi connectivity index (χ1v) is 5.65. The normalized spacial score (nSPS) is 18.1. The highest BCUT2D eigenvalue weighted by molar-refractivity contribution is 7.14. The smallest absolute Gasteiger partial charge is 0.357 e. The van der Waals surface area contributed by atoms with Gasteiger partial charge in [0, 0.05) is 5.38 Å². The van der Waals surface area contributed by atoms with Crippen LogP contribution < -0.4 is 4.90 Å². The van der Waals surface area contributed by atoms with Crippen molar-refractivity contribution >= 4 is 22.4 Å². The van der Waals surface area contributed by atoms with Gasteiger partial charge in [-0.05, 0) is 6.92 Å². The molecule has 1 aromatic heterocycles. The molecule has 1 aliphatic rings. The molecule has 0 aromatic carbocycles. The predicted octanol–water partition coefficient (Wildman–Crippen LogP) is 1.78. The van der Waals surface area contributed by atoms with E-state index in [0.717, 1.165) is 0 Å². The van der Waals surface area contributed by atoms with Crippen molar-refractivity contribution in [3.8, 4) is 0 Å². The Kier molecular flexibility index (Phi) is 2.79. The number of carbonyl (C=O) groups excluding carboxylic acids is 1. The Morgan fingerprint density at radius 2 is 2.38 bits per heavy atom. The molecule has 16 heavy (non-hydrogen) atoms. The Morgan fingerprint density at radius 3 is 2.94 bits per heavy atom. The Bertz CT molecular complexity index is 400. The third-order valence-corrected chi connectivity index (χ3v) is 2.99. The van der Waals surface area contributed by atoms with Gasteiger partial charge >= 0.3 is 5.97 Å². The minimum absolute atomic E-state index is 0.178. The molecular weight excluding hydrogens is 238 g/mol. The second kappa shape index (κ2) is 3.97. The van der Waals surface area contributed by atoms with E-state index in [-0.39, 0.29) is 25.4 Å². The quantitative estimate of drug-likeness (QED) is 0.765. The van der Waals surface area contributed by atoms with Gasteiger partial charge in [-0.3, -0.25) is 0 Å². The minimum Gasteiger partial charge on any atom is -0.461 e. The number of carbonyl (C=O) groups is 1. The molecule has 0 atom stereocenters. The van der Waals surface area contributed by atoms with E-state index >= 15 is 0 Å². The largest absolute Gasteiger partial charge is 0.461 e. The maximum Gasteiger partial charge on any atom is 0.357 e. The number of rotatable bonds is 3. The maximum absolute atomic E-state index is 12.6. The Balaban J connectivity index is 2.01. The molecule has 0 bridgehead atoms. The van der Waals surface area contributed by atoms with Gasteiger partial charge in [-0.25, -0.2) is 18.6 Å². The van der Waals surface area contributed by atoms with Gasteiger partial charge in [0.05, 0.1) is 19.7 Å². The van der Waals surface area contributed by atoms with Gasteiger partial charge < -0.3 is 9.64 Å². The molecule has 2 rings (SSSR count). The zero-order valence-electron chi connectivity index (χ0n) is 8.57. The van der Waals surface area contributed by atoms with Crippen LogP contribution in [0.3, 0.4) is 0 Å². The molecule has 0 amide bonds. The number of esters is 1. The third-order valence-electron chi connectivity index (χ3n) is 2.09. The van der Waals surface area contributed by atoms with E-state index < -0.39 is 11.9 Å². The van der Waals surface area contributed by atoms with Gasteiger partial charge in [-0.1, -0.05) is 0 Å². The van der Waals surface area contributed by atoms with E-state index in [1.165, 1.54) is 21.6 Å². The third kappa shape index (κ3) is 2.13. The molecular formula is C9H10F2N2O2S. The van der Waals surface area contributed by atoms with Gasteiger partial charge in [0.1, 0.15) is 0 Å². The first-order valence-electron chi connectivity index (χ1n) is 4.77. The average molecular weight is 248 g/mol. The zero-order valence-corrected chi connectivity index (χ0v) is 9.39. The molecule has 0 radical (unpaired) electrons. The standard InChI is InChI=1S/C9H10F2N2O2S/c1-2-15-7(14)6-3-16-8(12-6)13-4-9(10,11)5-13/h3H,2,4-5H2,1H3. The van der Waals surface area contributed by atoms with Gasteiger partial charge in [0.2, 0.25) is 0 Å². The van der Waals surface area contributed by atoms with Crippen LogP contribution in [-0.4, -0.2) is 36.6 Å². The topological polar surface area (TPSA) is 42.4 Å². The minimum atomic E-state index is -2.63. The van der Waals surface area contributed by atoms with E-state index in [1.54, 1.807) is 6.92 Å². The van der Waals surface area contributed by atoms with Crippen LogP contribution in [0.15, 0.2) is 5.38 Å². The molecule has 7 heteroatoms. The summed E-state index contributed by atoms with van der Waals surface area (Å²) in [4.78, 5) is 16.7. The molecule has 0 spiro atoms. The van der Waals surface area contributed by atoms with Crippen molar-refractivity contribution in [3.05, 3.63) is 11.1 Å². The van der Waals surface area contributed by atoms with E-state index in [9.17, 15) is 13.6 Å². The predicted molar refractivity (Wildman–Crippen MR) is 55.2 cm³/mol. The molecule has 1 fully saturated rings. The van der Waals surface area contributed by atoms with Gasteiger partial charge in [0.15, 0.2) is 10.8 Å². The molecule has 0 saturated carbocycles. The molecule has 1 saturated heterocycles.